The smallest absolute Gasteiger partial charge is 0.422 e. The summed E-state index contributed by atoms with van der Waals surface area (Å²) in [6, 6.07) is 1.92. The van der Waals surface area contributed by atoms with E-state index in [1.807, 2.05) is 0 Å². The number of fused-ring (bicyclic) bond motifs is 1. The van der Waals surface area contributed by atoms with Crippen molar-refractivity contribution < 1.29 is 46.7 Å². The Balaban J connectivity index is 1.73. The second-order valence-corrected chi connectivity index (χ2v) is 9.74. The first-order valence-corrected chi connectivity index (χ1v) is 12.1. The van der Waals surface area contributed by atoms with Gasteiger partial charge in [0.1, 0.15) is 30.8 Å². The number of oxime groups is 1. The first kappa shape index (κ1) is 24.4. The fourth-order valence-corrected chi connectivity index (χ4v) is 4.76. The molecule has 3 N–H and O–H groups in total. The Morgan fingerprint density at radius 2 is 2.15 bits per heavy atom. The van der Waals surface area contributed by atoms with Crippen molar-refractivity contribution in [2.45, 2.75) is 11.4 Å². The highest BCUT2D eigenvalue weighted by Crippen LogP contribution is 2.40. The summed E-state index contributed by atoms with van der Waals surface area (Å²) in [5.74, 6) is -2.86. The predicted molar refractivity (Wildman–Crippen MR) is 111 cm³/mol. The summed E-state index contributed by atoms with van der Waals surface area (Å²) in [5, 5.41) is 14.9. The van der Waals surface area contributed by atoms with E-state index in [9.17, 15) is 32.7 Å². The van der Waals surface area contributed by atoms with Gasteiger partial charge in [0.25, 0.3) is 11.8 Å². The Morgan fingerprint density at radius 1 is 1.42 bits per heavy atom. The molecule has 0 bridgehead atoms. The molecule has 3 rings (SSSR count). The molecule has 0 aromatic carbocycles. The number of amides is 3. The summed E-state index contributed by atoms with van der Waals surface area (Å²) in [6.07, 6.45) is -0.102. The van der Waals surface area contributed by atoms with Crippen LogP contribution in [0, 0.1) is 0 Å². The van der Waals surface area contributed by atoms with E-state index < -0.39 is 56.8 Å². The molecule has 0 unspecified atom stereocenters. The topological polar surface area (TPSA) is 194 Å². The Bertz CT molecular complexity index is 1150. The minimum atomic E-state index is -4.39. The molecular formula is C16H15ClN4O10S2. The Kier molecular flexibility index (Phi) is 7.19. The number of furan rings is 1. The average molecular weight is 523 g/mol. The van der Waals surface area contributed by atoms with Gasteiger partial charge < -0.3 is 24.4 Å². The zero-order valence-corrected chi connectivity index (χ0v) is 18.9. The van der Waals surface area contributed by atoms with Crippen LogP contribution in [0.5, 0.6) is 0 Å². The number of halogens is 1. The molecule has 1 saturated heterocycles. The summed E-state index contributed by atoms with van der Waals surface area (Å²) < 4.78 is 32.8. The normalized spacial score (nSPS) is 20.5. The van der Waals surface area contributed by atoms with Crippen LogP contribution in [0.3, 0.4) is 0 Å². The Morgan fingerprint density at radius 3 is 2.73 bits per heavy atom. The highest BCUT2D eigenvalue weighted by molar-refractivity contribution is 8.12. The number of rotatable bonds is 8. The first-order chi connectivity index (χ1) is 15.5. The van der Waals surface area contributed by atoms with Crippen molar-refractivity contribution >= 4 is 61.3 Å². The van der Waals surface area contributed by atoms with Crippen molar-refractivity contribution in [3.63, 3.8) is 0 Å². The Labute approximate surface area is 194 Å². The lowest BCUT2D eigenvalue weighted by atomic mass is 10.0. The van der Waals surface area contributed by atoms with E-state index >= 15 is 0 Å². The molecule has 2 atom stereocenters. The number of nitrogens with one attached hydrogen (secondary N) is 2. The summed E-state index contributed by atoms with van der Waals surface area (Å²) in [5.41, 5.74) is -0.619. The van der Waals surface area contributed by atoms with Crippen molar-refractivity contribution in [1.82, 2.24) is 14.9 Å². The van der Waals surface area contributed by atoms with Crippen LogP contribution >= 0.6 is 22.4 Å². The van der Waals surface area contributed by atoms with Gasteiger partial charge in [-0.05, 0) is 12.1 Å². The molecule has 178 valence electrons. The fourth-order valence-electron chi connectivity index (χ4n) is 2.99. The maximum absolute atomic E-state index is 12.7. The highest BCUT2D eigenvalue weighted by atomic mass is 35.7. The molecule has 2 aliphatic heterocycles. The first-order valence-electron chi connectivity index (χ1n) is 8.78. The van der Waals surface area contributed by atoms with Crippen LogP contribution < -0.4 is 10.0 Å². The zero-order valence-electron chi connectivity index (χ0n) is 16.5. The zero-order chi connectivity index (χ0) is 24.3. The van der Waals surface area contributed by atoms with E-state index in [-0.39, 0.29) is 22.8 Å². The minimum Gasteiger partial charge on any atom is -0.477 e. The SMILES string of the molecule is CO/N=C(\C(=O)N[C@@H]1C(=O)N2C(C(=O)O)=C(COC(=O)NS(=O)(=O)Cl)CS[C@H]12)c1ccco1. The number of carbonyl (C=O) groups excluding carboxylic acids is 3. The van der Waals surface area contributed by atoms with Gasteiger partial charge in [0.05, 0.1) is 6.26 Å². The molecule has 1 fully saturated rings. The summed E-state index contributed by atoms with van der Waals surface area (Å²) in [4.78, 5) is 54.1. The monoisotopic (exact) mass is 522 g/mol. The van der Waals surface area contributed by atoms with Gasteiger partial charge in [-0.3, -0.25) is 14.5 Å². The second-order valence-electron chi connectivity index (χ2n) is 6.33. The lowest BCUT2D eigenvalue weighted by Crippen LogP contribution is -2.71. The van der Waals surface area contributed by atoms with Crippen molar-refractivity contribution in [2.75, 3.05) is 19.5 Å². The summed E-state index contributed by atoms with van der Waals surface area (Å²) in [6.45, 7) is -0.608. The van der Waals surface area contributed by atoms with Gasteiger partial charge in [-0.2, -0.15) is 8.42 Å². The standard InChI is InChI=1S/C16H15ClN4O10S2/c1-29-19-9(8-3-2-4-30-8)12(22)18-10-13(23)21-11(15(24)25)7(6-32-14(10)21)5-31-16(26)20-33(17,27)28/h2-4,10,14H,5-6H2,1H3,(H,18,22)(H,20,26)(H,24,25)/b19-9-/t10-,14-/m1/s1. The summed E-state index contributed by atoms with van der Waals surface area (Å²) >= 11 is 1.10. The third kappa shape index (κ3) is 5.40. The molecule has 3 heterocycles. The number of thioether (sulfide) groups is 1. The van der Waals surface area contributed by atoms with Gasteiger partial charge in [-0.15, -0.1) is 11.8 Å². The molecule has 33 heavy (non-hydrogen) atoms. The van der Waals surface area contributed by atoms with Crippen molar-refractivity contribution in [1.29, 1.82) is 0 Å². The van der Waals surface area contributed by atoms with Crippen LogP contribution in [-0.2, 0) is 33.2 Å². The molecule has 1 aromatic rings. The van der Waals surface area contributed by atoms with Gasteiger partial charge in [-0.25, -0.2) is 14.3 Å². The third-order valence-electron chi connectivity index (χ3n) is 4.27. The van der Waals surface area contributed by atoms with Crippen LogP contribution in [0.2, 0.25) is 0 Å². The number of hydrogen-bond acceptors (Lipinski definition) is 11. The van der Waals surface area contributed by atoms with Crippen LogP contribution in [0.25, 0.3) is 0 Å². The number of β-lactam (4-membered cyclic amide) rings is 1. The van der Waals surface area contributed by atoms with E-state index in [0.29, 0.717) is 0 Å². The van der Waals surface area contributed by atoms with Gasteiger partial charge in [0.2, 0.25) is 5.71 Å². The van der Waals surface area contributed by atoms with Gasteiger partial charge in [-0.1, -0.05) is 5.16 Å². The Hall–Kier alpha value is -3.24. The molecular weight excluding hydrogens is 508 g/mol. The largest absolute Gasteiger partial charge is 0.477 e. The molecule has 0 aliphatic carbocycles. The maximum atomic E-state index is 12.7. The molecule has 2 aliphatic rings. The van der Waals surface area contributed by atoms with Crippen LogP contribution in [0.15, 0.2) is 39.2 Å². The number of aliphatic carboxylic acids is 1. The van der Waals surface area contributed by atoms with E-state index in [1.165, 1.54) is 30.2 Å². The number of hydrogen-bond donors (Lipinski definition) is 3. The maximum Gasteiger partial charge on any atom is 0.422 e. The highest BCUT2D eigenvalue weighted by Gasteiger charge is 2.54. The number of nitrogens with zero attached hydrogens (tertiary/aromatic N) is 2. The quantitative estimate of drug-likeness (QED) is 0.173. The van der Waals surface area contributed by atoms with E-state index in [4.69, 9.17) is 15.1 Å². The lowest BCUT2D eigenvalue weighted by Gasteiger charge is -2.49. The third-order valence-corrected chi connectivity index (χ3v) is 6.25. The molecule has 1 aromatic heterocycles. The predicted octanol–water partition coefficient (Wildman–Crippen LogP) is -0.421. The minimum absolute atomic E-state index is 0.0144. The van der Waals surface area contributed by atoms with Crippen molar-refractivity contribution in [3.8, 4) is 0 Å². The summed E-state index contributed by atoms with van der Waals surface area (Å²) in [7, 11) is 1.70. The number of carbonyl (C=O) groups is 4. The van der Waals surface area contributed by atoms with Gasteiger partial charge in [0, 0.05) is 22.0 Å². The van der Waals surface area contributed by atoms with Crippen molar-refractivity contribution in [2.24, 2.45) is 5.16 Å². The van der Waals surface area contributed by atoms with Gasteiger partial charge in [0.15, 0.2) is 5.76 Å². The number of ether oxygens (including phenoxy) is 1. The van der Waals surface area contributed by atoms with E-state index in [1.54, 1.807) is 0 Å². The van der Waals surface area contributed by atoms with E-state index in [0.717, 1.165) is 16.7 Å². The fraction of sp³-hybridized carbons (Fsp3) is 0.312. The molecule has 0 saturated carbocycles. The molecule has 0 spiro atoms. The molecule has 3 amide bonds. The van der Waals surface area contributed by atoms with Crippen LogP contribution in [-0.4, -0.2) is 78.9 Å². The lowest BCUT2D eigenvalue weighted by molar-refractivity contribution is -0.150. The second kappa shape index (κ2) is 9.72. The molecule has 17 heteroatoms. The van der Waals surface area contributed by atoms with Gasteiger partial charge >= 0.3 is 21.3 Å². The average Bonchev–Trinajstić information content (AvgIpc) is 3.26. The van der Waals surface area contributed by atoms with Crippen molar-refractivity contribution in [3.05, 3.63) is 35.4 Å². The number of carboxylic acids is 1. The van der Waals surface area contributed by atoms with Crippen LogP contribution in [0.1, 0.15) is 5.76 Å². The van der Waals surface area contributed by atoms with E-state index in [2.05, 4.69) is 20.0 Å². The molecule has 0 radical (unpaired) electrons. The van der Waals surface area contributed by atoms with Crippen LogP contribution in [0.4, 0.5) is 4.79 Å². The number of carboxylic acid groups (broad SMARTS) is 1. The molecule has 14 nitrogen and oxygen atoms in total.